The zero-order valence-corrected chi connectivity index (χ0v) is 35.2. The number of halogens is 2. The standard InChI is InChI=1S/C45H52F2N6O4Si/c1-25(2)58(26(3)4,27(5)6)21-17-31-33(46)14-12-29-10-8-11-32(36(29)31)39-38(47)40-37-41(50-43(49-40)57-24-45-18-9-19-51(45)20-16-28(45)7)52-22-30-13-15-34(53(30)44(54)55)35(52)23-56-42(37)48-39/h8,10-12,14,25-27,30,34-35H,7,9,13,15-16,18-20,22-24H2,1-6H3,(H,54,55)/t30?,34?,35?,45-/m0/s1. The highest BCUT2D eigenvalue weighted by Crippen LogP contribution is 2.47. The van der Waals surface area contributed by atoms with Crippen molar-refractivity contribution in [2.75, 3.05) is 37.7 Å². The average molecular weight is 807 g/mol. The molecule has 0 aliphatic carbocycles. The molecule has 4 fully saturated rings. The van der Waals surface area contributed by atoms with E-state index in [-0.39, 0.29) is 59.5 Å². The van der Waals surface area contributed by atoms with E-state index in [0.29, 0.717) is 63.5 Å². The summed E-state index contributed by atoms with van der Waals surface area (Å²) in [5.74, 6) is 2.70. The molecule has 0 radical (unpaired) electrons. The highest BCUT2D eigenvalue weighted by atomic mass is 28.3. The number of hydrogen-bond acceptors (Lipinski definition) is 8. The SMILES string of the molecule is C=C1CCN2CCC[C@]12COc1nc2c3c(nc(-c4cccc5ccc(F)c(C#C[Si](C(C)C)(C(C)C)C(C)C)c45)c(F)c3n1)OCC1C3CCC(CN21)N3C(=O)O. The summed E-state index contributed by atoms with van der Waals surface area (Å²) in [6.07, 6.45) is 3.24. The number of piperazine rings is 1. The van der Waals surface area contributed by atoms with E-state index in [9.17, 15) is 9.90 Å². The van der Waals surface area contributed by atoms with Gasteiger partial charge in [-0.3, -0.25) is 9.80 Å². The number of carboxylic acid groups (broad SMARTS) is 1. The average Bonchev–Trinajstić information content (AvgIpc) is 3.82. The summed E-state index contributed by atoms with van der Waals surface area (Å²) in [5, 5.41) is 11.7. The lowest BCUT2D eigenvalue weighted by Gasteiger charge is -2.45. The Kier molecular flexibility index (Phi) is 9.47. The van der Waals surface area contributed by atoms with E-state index in [4.69, 9.17) is 24.4 Å². The Morgan fingerprint density at radius 3 is 2.55 bits per heavy atom. The Balaban J connectivity index is 1.24. The van der Waals surface area contributed by atoms with Crippen molar-refractivity contribution in [1.29, 1.82) is 0 Å². The van der Waals surface area contributed by atoms with Crippen molar-refractivity contribution in [3.8, 4) is 34.6 Å². The fourth-order valence-corrected chi connectivity index (χ4v) is 16.7. The molecule has 7 heterocycles. The summed E-state index contributed by atoms with van der Waals surface area (Å²) < 4.78 is 46.9. The van der Waals surface area contributed by atoms with Crippen molar-refractivity contribution in [3.63, 3.8) is 0 Å². The number of aromatic nitrogens is 3. The molecule has 2 aromatic heterocycles. The second kappa shape index (κ2) is 14.2. The summed E-state index contributed by atoms with van der Waals surface area (Å²) in [4.78, 5) is 33.1. The van der Waals surface area contributed by atoms with Crippen molar-refractivity contribution in [2.45, 2.75) is 114 Å². The van der Waals surface area contributed by atoms with Crippen molar-refractivity contribution in [2.24, 2.45) is 0 Å². The smallest absolute Gasteiger partial charge is 0.407 e. The number of pyridine rings is 1. The fourth-order valence-electron chi connectivity index (χ4n) is 11.5. The van der Waals surface area contributed by atoms with E-state index in [0.717, 1.165) is 37.9 Å². The summed E-state index contributed by atoms with van der Waals surface area (Å²) in [6.45, 7) is 20.3. The van der Waals surface area contributed by atoms with Gasteiger partial charge in [-0.2, -0.15) is 9.97 Å². The van der Waals surface area contributed by atoms with Gasteiger partial charge in [0.25, 0.3) is 0 Å². The van der Waals surface area contributed by atoms with E-state index in [1.54, 1.807) is 12.1 Å². The number of amides is 1. The van der Waals surface area contributed by atoms with E-state index in [1.165, 1.54) is 11.0 Å². The topological polar surface area (TPSA) is 104 Å². The highest BCUT2D eigenvalue weighted by molar-refractivity contribution is 6.90. The van der Waals surface area contributed by atoms with Gasteiger partial charge in [0.2, 0.25) is 5.88 Å². The van der Waals surface area contributed by atoms with Crippen LogP contribution in [0.25, 0.3) is 32.9 Å². The molecular formula is C45H52F2N6O4Si. The molecule has 3 unspecified atom stereocenters. The van der Waals surface area contributed by atoms with Gasteiger partial charge in [0.05, 0.1) is 29.2 Å². The maximum atomic E-state index is 17.7. The molecule has 1 amide bonds. The quantitative estimate of drug-likeness (QED) is 0.111. The normalized spacial score (nSPS) is 24.1. The van der Waals surface area contributed by atoms with Crippen LogP contribution in [-0.2, 0) is 0 Å². The van der Waals surface area contributed by atoms with Gasteiger partial charge in [-0.15, -0.1) is 5.54 Å². The van der Waals surface area contributed by atoms with Gasteiger partial charge in [-0.25, -0.2) is 18.6 Å². The molecule has 9 rings (SSSR count). The lowest BCUT2D eigenvalue weighted by Crippen LogP contribution is -2.62. The molecule has 5 aliphatic heterocycles. The monoisotopic (exact) mass is 806 g/mol. The predicted octanol–water partition coefficient (Wildman–Crippen LogP) is 8.96. The fraction of sp³-hybridized carbons (Fsp3) is 0.511. The number of hydrogen-bond donors (Lipinski definition) is 1. The van der Waals surface area contributed by atoms with Gasteiger partial charge in [0.15, 0.2) is 5.82 Å². The third-order valence-corrected chi connectivity index (χ3v) is 20.6. The van der Waals surface area contributed by atoms with E-state index in [1.807, 2.05) is 12.1 Å². The number of rotatable bonds is 7. The van der Waals surface area contributed by atoms with Crippen molar-refractivity contribution >= 4 is 41.7 Å². The Hall–Kier alpha value is -4.80. The van der Waals surface area contributed by atoms with Crippen LogP contribution < -0.4 is 14.4 Å². The minimum atomic E-state index is -2.28. The zero-order valence-electron chi connectivity index (χ0n) is 34.2. The molecule has 304 valence electrons. The van der Waals surface area contributed by atoms with E-state index >= 15 is 8.78 Å². The van der Waals surface area contributed by atoms with Crippen LogP contribution >= 0.6 is 0 Å². The van der Waals surface area contributed by atoms with Crippen LogP contribution in [0.4, 0.5) is 19.4 Å². The van der Waals surface area contributed by atoms with E-state index in [2.05, 4.69) is 69.4 Å². The van der Waals surface area contributed by atoms with Gasteiger partial charge >= 0.3 is 12.1 Å². The number of fused-ring (bicyclic) bond motifs is 7. The number of ether oxygens (including phenoxy) is 2. The van der Waals surface area contributed by atoms with Crippen LogP contribution in [0.1, 0.15) is 79.2 Å². The third kappa shape index (κ3) is 5.72. The van der Waals surface area contributed by atoms with Crippen LogP contribution in [0.5, 0.6) is 11.9 Å². The molecule has 2 bridgehead atoms. The summed E-state index contributed by atoms with van der Waals surface area (Å²) in [5.41, 5.74) is 5.98. The van der Waals surface area contributed by atoms with Crippen LogP contribution in [-0.4, -0.2) is 101 Å². The van der Waals surface area contributed by atoms with Crippen LogP contribution in [0.2, 0.25) is 16.6 Å². The molecule has 1 N–H and O–H groups in total. The number of anilines is 1. The molecule has 58 heavy (non-hydrogen) atoms. The first kappa shape index (κ1) is 38.7. The molecule has 0 spiro atoms. The van der Waals surface area contributed by atoms with Crippen molar-refractivity contribution in [1.82, 2.24) is 24.8 Å². The molecule has 0 saturated carbocycles. The predicted molar refractivity (Wildman–Crippen MR) is 224 cm³/mol. The largest absolute Gasteiger partial charge is 0.475 e. The first-order valence-electron chi connectivity index (χ1n) is 20.9. The first-order chi connectivity index (χ1) is 27.8. The zero-order chi connectivity index (χ0) is 40.8. The number of nitrogens with zero attached hydrogens (tertiary/aromatic N) is 6. The van der Waals surface area contributed by atoms with Crippen LogP contribution in [0.3, 0.4) is 0 Å². The summed E-state index contributed by atoms with van der Waals surface area (Å²) in [7, 11) is -2.28. The van der Waals surface area contributed by atoms with Gasteiger partial charge < -0.3 is 19.5 Å². The third-order valence-electron chi connectivity index (χ3n) is 14.3. The number of carbonyl (C=O) groups is 1. The maximum absolute atomic E-state index is 17.7. The van der Waals surface area contributed by atoms with Gasteiger partial charge in [-0.05, 0) is 66.7 Å². The molecule has 5 aliphatic rings. The van der Waals surface area contributed by atoms with Crippen LogP contribution in [0.15, 0.2) is 42.5 Å². The molecule has 2 aromatic carbocycles. The minimum absolute atomic E-state index is 0.0203. The summed E-state index contributed by atoms with van der Waals surface area (Å²) >= 11 is 0. The van der Waals surface area contributed by atoms with Crippen LogP contribution in [0, 0.1) is 23.1 Å². The second-order valence-corrected chi connectivity index (χ2v) is 23.5. The summed E-state index contributed by atoms with van der Waals surface area (Å²) in [6, 6.07) is 7.57. The van der Waals surface area contributed by atoms with Crippen molar-refractivity contribution < 1.29 is 28.2 Å². The molecular weight excluding hydrogens is 755 g/mol. The first-order valence-corrected chi connectivity index (χ1v) is 23.1. The lowest BCUT2D eigenvalue weighted by molar-refractivity contribution is 0.0907. The molecule has 4 saturated heterocycles. The minimum Gasteiger partial charge on any atom is -0.475 e. The Bertz CT molecular complexity index is 2410. The number of benzene rings is 2. The Morgan fingerprint density at radius 2 is 1.81 bits per heavy atom. The Labute approximate surface area is 339 Å². The van der Waals surface area contributed by atoms with E-state index < -0.39 is 31.8 Å². The second-order valence-electron chi connectivity index (χ2n) is 17.9. The Morgan fingerprint density at radius 1 is 1.03 bits per heavy atom. The highest BCUT2D eigenvalue weighted by Gasteiger charge is 2.52. The molecule has 10 nitrogen and oxygen atoms in total. The molecule has 4 aromatic rings. The van der Waals surface area contributed by atoms with Gasteiger partial charge in [0, 0.05) is 24.0 Å². The van der Waals surface area contributed by atoms with Gasteiger partial charge in [0.1, 0.15) is 49.5 Å². The molecule has 13 heteroatoms. The molecule has 4 atom stereocenters. The van der Waals surface area contributed by atoms with Crippen molar-refractivity contribution in [3.05, 3.63) is 59.7 Å². The lowest BCUT2D eigenvalue weighted by atomic mass is 9.91. The van der Waals surface area contributed by atoms with Gasteiger partial charge in [-0.1, -0.05) is 83.9 Å². The maximum Gasteiger partial charge on any atom is 0.407 e.